The molecule has 0 aliphatic carbocycles. The molecule has 1 fully saturated rings. The normalized spacial score (nSPS) is 17.0. The fraction of sp³-hybridized carbons (Fsp3) is 0.368. The van der Waals surface area contributed by atoms with Crippen molar-refractivity contribution in [1.82, 2.24) is 9.88 Å². The molecule has 1 saturated heterocycles. The van der Waals surface area contributed by atoms with Gasteiger partial charge in [-0.2, -0.15) is 0 Å². The summed E-state index contributed by atoms with van der Waals surface area (Å²) >= 11 is 0. The van der Waals surface area contributed by atoms with Gasteiger partial charge in [-0.15, -0.1) is 0 Å². The van der Waals surface area contributed by atoms with Crippen LogP contribution in [0.4, 0.5) is 0 Å². The second-order valence-electron chi connectivity index (χ2n) is 5.94. The van der Waals surface area contributed by atoms with Crippen molar-refractivity contribution in [2.75, 3.05) is 20.8 Å². The van der Waals surface area contributed by atoms with E-state index in [4.69, 9.17) is 9.47 Å². The second-order valence-corrected chi connectivity index (χ2v) is 5.94. The highest BCUT2D eigenvalue weighted by atomic mass is 16.5. The van der Waals surface area contributed by atoms with Crippen molar-refractivity contribution in [2.45, 2.75) is 25.8 Å². The van der Waals surface area contributed by atoms with E-state index in [9.17, 15) is 4.79 Å². The number of benzene rings is 1. The van der Waals surface area contributed by atoms with E-state index in [2.05, 4.69) is 4.98 Å². The molecule has 1 atom stereocenters. The summed E-state index contributed by atoms with van der Waals surface area (Å²) in [6.07, 6.45) is 1.92. The summed E-state index contributed by atoms with van der Waals surface area (Å²) in [5.41, 5.74) is 2.41. The first-order valence-corrected chi connectivity index (χ1v) is 8.10. The Balaban J connectivity index is 1.89. The molecular weight excluding hydrogens is 304 g/mol. The number of ether oxygens (including phenoxy) is 2. The molecule has 2 aromatic rings. The number of nitrogens with zero attached hydrogens (tertiary/aromatic N) is 2. The molecule has 24 heavy (non-hydrogen) atoms. The van der Waals surface area contributed by atoms with Crippen LogP contribution in [0.25, 0.3) is 0 Å². The topological polar surface area (TPSA) is 51.7 Å². The van der Waals surface area contributed by atoms with Crippen molar-refractivity contribution in [3.05, 3.63) is 53.3 Å². The molecular formula is C19H22N2O3. The predicted octanol–water partition coefficient (Wildman–Crippen LogP) is 3.38. The third-order valence-electron chi connectivity index (χ3n) is 4.41. The van der Waals surface area contributed by atoms with Crippen LogP contribution in [0.15, 0.2) is 36.4 Å². The van der Waals surface area contributed by atoms with Gasteiger partial charge in [0.1, 0.15) is 5.69 Å². The highest BCUT2D eigenvalue weighted by Gasteiger charge is 2.31. The average molecular weight is 326 g/mol. The quantitative estimate of drug-likeness (QED) is 0.864. The van der Waals surface area contributed by atoms with Crippen molar-refractivity contribution < 1.29 is 14.3 Å². The molecule has 0 bridgehead atoms. The minimum Gasteiger partial charge on any atom is -0.493 e. The molecule has 0 N–H and O–H groups in total. The lowest BCUT2D eigenvalue weighted by atomic mass is 10.0. The van der Waals surface area contributed by atoms with Gasteiger partial charge in [-0.25, -0.2) is 4.98 Å². The Morgan fingerprint density at radius 3 is 2.67 bits per heavy atom. The first kappa shape index (κ1) is 16.3. The van der Waals surface area contributed by atoms with E-state index in [-0.39, 0.29) is 11.9 Å². The maximum Gasteiger partial charge on any atom is 0.272 e. The summed E-state index contributed by atoms with van der Waals surface area (Å²) in [6.45, 7) is 2.64. The number of carbonyl (C=O) groups excluding carboxylic acids is 1. The van der Waals surface area contributed by atoms with Gasteiger partial charge in [-0.05, 0) is 49.6 Å². The zero-order valence-electron chi connectivity index (χ0n) is 14.3. The van der Waals surface area contributed by atoms with Crippen LogP contribution in [0, 0.1) is 6.92 Å². The molecule has 0 spiro atoms. The van der Waals surface area contributed by atoms with Crippen molar-refractivity contribution in [3.63, 3.8) is 0 Å². The number of rotatable bonds is 4. The number of hydrogen-bond donors (Lipinski definition) is 0. The van der Waals surface area contributed by atoms with Gasteiger partial charge in [0, 0.05) is 12.2 Å². The Morgan fingerprint density at radius 1 is 1.17 bits per heavy atom. The van der Waals surface area contributed by atoms with Crippen molar-refractivity contribution in [3.8, 4) is 11.5 Å². The van der Waals surface area contributed by atoms with Crippen LogP contribution >= 0.6 is 0 Å². The second kappa shape index (κ2) is 6.91. The van der Waals surface area contributed by atoms with E-state index < -0.39 is 0 Å². The minimum absolute atomic E-state index is 0.0176. The maximum atomic E-state index is 12.9. The van der Waals surface area contributed by atoms with E-state index in [1.807, 2.05) is 42.2 Å². The zero-order valence-corrected chi connectivity index (χ0v) is 14.3. The number of aromatic nitrogens is 1. The Bertz CT molecular complexity index is 745. The molecule has 1 aromatic heterocycles. The van der Waals surface area contributed by atoms with Crippen molar-refractivity contribution in [2.24, 2.45) is 0 Å². The SMILES string of the molecule is COc1ccc(C2CCCN2C(=O)c2cccc(C)n2)cc1OC. The number of carbonyl (C=O) groups is 1. The summed E-state index contributed by atoms with van der Waals surface area (Å²) in [6, 6.07) is 11.4. The fourth-order valence-electron chi connectivity index (χ4n) is 3.23. The number of hydrogen-bond acceptors (Lipinski definition) is 4. The molecule has 1 aliphatic rings. The van der Waals surface area contributed by atoms with Gasteiger partial charge in [0.2, 0.25) is 0 Å². The molecule has 1 amide bonds. The molecule has 5 nitrogen and oxygen atoms in total. The predicted molar refractivity (Wildman–Crippen MR) is 91.5 cm³/mol. The number of pyridine rings is 1. The molecule has 1 aromatic carbocycles. The van der Waals surface area contributed by atoms with E-state index >= 15 is 0 Å². The molecule has 3 rings (SSSR count). The molecule has 126 valence electrons. The fourth-order valence-corrected chi connectivity index (χ4v) is 3.23. The molecule has 1 aliphatic heterocycles. The van der Waals surface area contributed by atoms with Crippen LogP contribution in [-0.2, 0) is 0 Å². The van der Waals surface area contributed by atoms with Crippen LogP contribution in [-0.4, -0.2) is 36.6 Å². The number of methoxy groups -OCH3 is 2. The Labute approximate surface area is 142 Å². The number of aryl methyl sites for hydroxylation is 1. The lowest BCUT2D eigenvalue weighted by Crippen LogP contribution is -2.31. The number of amides is 1. The molecule has 2 heterocycles. The van der Waals surface area contributed by atoms with Crippen LogP contribution < -0.4 is 9.47 Å². The Hall–Kier alpha value is -2.56. The van der Waals surface area contributed by atoms with E-state index in [1.165, 1.54) is 0 Å². The summed E-state index contributed by atoms with van der Waals surface area (Å²) in [5, 5.41) is 0. The van der Waals surface area contributed by atoms with Gasteiger partial charge in [0.15, 0.2) is 11.5 Å². The summed E-state index contributed by atoms with van der Waals surface area (Å²) < 4.78 is 10.7. The number of likely N-dealkylation sites (tertiary alicyclic amines) is 1. The smallest absolute Gasteiger partial charge is 0.272 e. The molecule has 1 unspecified atom stereocenters. The van der Waals surface area contributed by atoms with Crippen molar-refractivity contribution >= 4 is 5.91 Å². The van der Waals surface area contributed by atoms with Crippen LogP contribution in [0.5, 0.6) is 11.5 Å². The Morgan fingerprint density at radius 2 is 1.96 bits per heavy atom. The van der Waals surface area contributed by atoms with E-state index in [0.717, 1.165) is 30.6 Å². The highest BCUT2D eigenvalue weighted by molar-refractivity contribution is 5.92. The molecule has 0 radical (unpaired) electrons. The third-order valence-corrected chi connectivity index (χ3v) is 4.41. The highest BCUT2D eigenvalue weighted by Crippen LogP contribution is 2.37. The minimum atomic E-state index is -0.0176. The van der Waals surface area contributed by atoms with Gasteiger partial charge in [-0.1, -0.05) is 12.1 Å². The van der Waals surface area contributed by atoms with Gasteiger partial charge < -0.3 is 14.4 Å². The van der Waals surface area contributed by atoms with Gasteiger partial charge in [0.25, 0.3) is 5.91 Å². The van der Waals surface area contributed by atoms with Crippen LogP contribution in [0.1, 0.15) is 40.6 Å². The zero-order chi connectivity index (χ0) is 17.1. The van der Waals surface area contributed by atoms with E-state index in [1.54, 1.807) is 20.3 Å². The largest absolute Gasteiger partial charge is 0.493 e. The summed E-state index contributed by atoms with van der Waals surface area (Å²) in [7, 11) is 3.24. The van der Waals surface area contributed by atoms with Crippen molar-refractivity contribution in [1.29, 1.82) is 0 Å². The Kier molecular flexibility index (Phi) is 4.69. The third kappa shape index (κ3) is 3.07. The average Bonchev–Trinajstić information content (AvgIpc) is 3.10. The van der Waals surface area contributed by atoms with Gasteiger partial charge in [0.05, 0.1) is 20.3 Å². The lowest BCUT2D eigenvalue weighted by Gasteiger charge is -2.25. The summed E-state index contributed by atoms with van der Waals surface area (Å²) in [4.78, 5) is 19.1. The van der Waals surface area contributed by atoms with Crippen LogP contribution in [0.2, 0.25) is 0 Å². The molecule has 0 saturated carbocycles. The van der Waals surface area contributed by atoms with E-state index in [0.29, 0.717) is 17.2 Å². The first-order valence-electron chi connectivity index (χ1n) is 8.10. The van der Waals surface area contributed by atoms with Gasteiger partial charge >= 0.3 is 0 Å². The summed E-state index contributed by atoms with van der Waals surface area (Å²) in [5.74, 6) is 1.36. The standard InChI is InChI=1S/C19H22N2O3/c1-13-6-4-7-15(20-13)19(22)21-11-5-8-16(21)14-9-10-17(23-2)18(12-14)24-3/h4,6-7,9-10,12,16H,5,8,11H2,1-3H3. The monoisotopic (exact) mass is 326 g/mol. The molecule has 5 heteroatoms. The first-order chi connectivity index (χ1) is 11.6. The van der Waals surface area contributed by atoms with Crippen LogP contribution in [0.3, 0.4) is 0 Å². The lowest BCUT2D eigenvalue weighted by molar-refractivity contribution is 0.0729. The maximum absolute atomic E-state index is 12.9. The van der Waals surface area contributed by atoms with Gasteiger partial charge in [-0.3, -0.25) is 4.79 Å².